The number of ether oxygens (including phenoxy) is 1. The zero-order chi connectivity index (χ0) is 12.2. The Kier molecular flexibility index (Phi) is 3.42. The van der Waals surface area contributed by atoms with Gasteiger partial charge in [-0.15, -0.1) is 0 Å². The van der Waals surface area contributed by atoms with Gasteiger partial charge in [0.05, 0.1) is 5.52 Å². The van der Waals surface area contributed by atoms with E-state index < -0.39 is 0 Å². The molecule has 94 valence electrons. The lowest BCUT2D eigenvalue weighted by Crippen LogP contribution is -2.23. The summed E-state index contributed by atoms with van der Waals surface area (Å²) in [6.07, 6.45) is 4.60. The molecule has 1 heterocycles. The molecule has 3 rings (SSSR count). The molecule has 1 N–H and O–H groups in total. The molecule has 0 bridgehead atoms. The van der Waals surface area contributed by atoms with E-state index in [0.717, 1.165) is 42.3 Å². The van der Waals surface area contributed by atoms with Crippen LogP contribution in [0.1, 0.15) is 12.8 Å². The van der Waals surface area contributed by atoms with Crippen molar-refractivity contribution in [3.8, 4) is 5.75 Å². The average molecular weight is 242 g/mol. The molecule has 0 radical (unpaired) electrons. The molecule has 3 nitrogen and oxygen atoms in total. The van der Waals surface area contributed by atoms with E-state index in [1.807, 2.05) is 30.5 Å². The molecule has 2 aromatic rings. The minimum Gasteiger partial charge on any atom is -0.492 e. The Hall–Kier alpha value is -1.61. The average Bonchev–Trinajstić information content (AvgIpc) is 3.22. The van der Waals surface area contributed by atoms with E-state index >= 15 is 0 Å². The fourth-order valence-corrected chi connectivity index (χ4v) is 2.01. The quantitative estimate of drug-likeness (QED) is 0.791. The second-order valence-electron chi connectivity index (χ2n) is 4.85. The topological polar surface area (TPSA) is 34.1 Å². The molecule has 0 unspecified atom stereocenters. The van der Waals surface area contributed by atoms with Crippen LogP contribution in [0.3, 0.4) is 0 Å². The van der Waals surface area contributed by atoms with Crippen molar-refractivity contribution in [1.82, 2.24) is 10.3 Å². The molecule has 0 amide bonds. The number of rotatable bonds is 6. The maximum Gasteiger partial charge on any atom is 0.120 e. The Bertz CT molecular complexity index is 523. The normalized spacial score (nSPS) is 14.9. The number of nitrogens with zero attached hydrogens (tertiary/aromatic N) is 1. The van der Waals surface area contributed by atoms with Gasteiger partial charge in [0.1, 0.15) is 12.4 Å². The predicted octanol–water partition coefficient (Wildman–Crippen LogP) is 2.61. The van der Waals surface area contributed by atoms with E-state index in [1.54, 1.807) is 0 Å². The molecule has 0 atom stereocenters. The fraction of sp³-hybridized carbons (Fsp3) is 0.400. The maximum atomic E-state index is 5.73. The highest BCUT2D eigenvalue weighted by atomic mass is 16.5. The van der Waals surface area contributed by atoms with Crippen molar-refractivity contribution in [3.05, 3.63) is 36.5 Å². The van der Waals surface area contributed by atoms with E-state index in [9.17, 15) is 0 Å². The van der Waals surface area contributed by atoms with Crippen molar-refractivity contribution < 1.29 is 4.74 Å². The van der Waals surface area contributed by atoms with Crippen LogP contribution in [-0.4, -0.2) is 24.7 Å². The highest BCUT2D eigenvalue weighted by Gasteiger charge is 2.19. The summed E-state index contributed by atoms with van der Waals surface area (Å²) in [6, 6.07) is 10.0. The van der Waals surface area contributed by atoms with Crippen LogP contribution in [0, 0.1) is 5.92 Å². The molecule has 1 fully saturated rings. The van der Waals surface area contributed by atoms with Crippen LogP contribution in [0.5, 0.6) is 5.75 Å². The van der Waals surface area contributed by atoms with Gasteiger partial charge >= 0.3 is 0 Å². The standard InChI is InChI=1S/C15H18N2O/c1-2-13-10-14(5-6-15(13)17-7-1)18-9-8-16-11-12-3-4-12/h1-2,5-7,10,12,16H,3-4,8-9,11H2. The molecule has 0 saturated heterocycles. The molecule has 1 saturated carbocycles. The second kappa shape index (κ2) is 5.36. The van der Waals surface area contributed by atoms with Gasteiger partial charge in [0.25, 0.3) is 0 Å². The van der Waals surface area contributed by atoms with Crippen LogP contribution >= 0.6 is 0 Å². The van der Waals surface area contributed by atoms with E-state index in [4.69, 9.17) is 4.74 Å². The molecule has 0 aliphatic heterocycles. The summed E-state index contributed by atoms with van der Waals surface area (Å²) < 4.78 is 5.73. The smallest absolute Gasteiger partial charge is 0.120 e. The maximum absolute atomic E-state index is 5.73. The molecule has 18 heavy (non-hydrogen) atoms. The van der Waals surface area contributed by atoms with Gasteiger partial charge in [0.2, 0.25) is 0 Å². The first-order valence-corrected chi connectivity index (χ1v) is 6.60. The largest absolute Gasteiger partial charge is 0.492 e. The van der Waals surface area contributed by atoms with Gasteiger partial charge in [0.15, 0.2) is 0 Å². The van der Waals surface area contributed by atoms with Crippen molar-refractivity contribution in [2.24, 2.45) is 5.92 Å². The van der Waals surface area contributed by atoms with Crippen molar-refractivity contribution in [3.63, 3.8) is 0 Å². The number of pyridine rings is 1. The Morgan fingerprint density at radius 2 is 2.22 bits per heavy atom. The minimum absolute atomic E-state index is 0.721. The van der Waals surface area contributed by atoms with Crippen LogP contribution in [0.2, 0.25) is 0 Å². The molecule has 1 aliphatic carbocycles. The molecule has 1 aromatic carbocycles. The Balaban J connectivity index is 1.50. The van der Waals surface area contributed by atoms with E-state index in [2.05, 4.69) is 16.4 Å². The van der Waals surface area contributed by atoms with Crippen molar-refractivity contribution in [2.75, 3.05) is 19.7 Å². The first-order valence-electron chi connectivity index (χ1n) is 6.60. The van der Waals surface area contributed by atoms with E-state index in [1.165, 1.54) is 12.8 Å². The number of hydrogen-bond donors (Lipinski definition) is 1. The van der Waals surface area contributed by atoms with Gasteiger partial charge in [-0.1, -0.05) is 6.07 Å². The first-order chi connectivity index (χ1) is 8.92. The van der Waals surface area contributed by atoms with Crippen LogP contribution in [0.15, 0.2) is 36.5 Å². The van der Waals surface area contributed by atoms with Gasteiger partial charge in [0, 0.05) is 18.1 Å². The zero-order valence-corrected chi connectivity index (χ0v) is 10.4. The number of benzene rings is 1. The molecule has 3 heteroatoms. The zero-order valence-electron chi connectivity index (χ0n) is 10.4. The summed E-state index contributed by atoms with van der Waals surface area (Å²) >= 11 is 0. The highest BCUT2D eigenvalue weighted by molar-refractivity contribution is 5.79. The van der Waals surface area contributed by atoms with Crippen molar-refractivity contribution in [1.29, 1.82) is 0 Å². The van der Waals surface area contributed by atoms with Crippen LogP contribution < -0.4 is 10.1 Å². The van der Waals surface area contributed by atoms with Crippen molar-refractivity contribution >= 4 is 10.9 Å². The van der Waals surface area contributed by atoms with E-state index in [-0.39, 0.29) is 0 Å². The lowest BCUT2D eigenvalue weighted by molar-refractivity contribution is 0.313. The summed E-state index contributed by atoms with van der Waals surface area (Å²) in [4.78, 5) is 4.29. The number of nitrogens with one attached hydrogen (secondary N) is 1. The van der Waals surface area contributed by atoms with Crippen LogP contribution in [0.25, 0.3) is 10.9 Å². The minimum atomic E-state index is 0.721. The van der Waals surface area contributed by atoms with Gasteiger partial charge in [-0.2, -0.15) is 0 Å². The van der Waals surface area contributed by atoms with Gasteiger partial charge < -0.3 is 10.1 Å². The third-order valence-electron chi connectivity index (χ3n) is 3.25. The Morgan fingerprint density at radius 1 is 1.28 bits per heavy atom. The SMILES string of the molecule is c1cnc2ccc(OCCNCC3CC3)cc2c1. The lowest BCUT2D eigenvalue weighted by Gasteiger charge is -2.07. The first kappa shape index (κ1) is 11.5. The monoisotopic (exact) mass is 242 g/mol. The molecular formula is C15H18N2O. The molecular weight excluding hydrogens is 224 g/mol. The third kappa shape index (κ3) is 2.99. The van der Waals surface area contributed by atoms with Crippen LogP contribution in [0.4, 0.5) is 0 Å². The molecule has 1 aromatic heterocycles. The van der Waals surface area contributed by atoms with E-state index in [0.29, 0.717) is 0 Å². The second-order valence-corrected chi connectivity index (χ2v) is 4.85. The predicted molar refractivity (Wildman–Crippen MR) is 72.8 cm³/mol. The number of fused-ring (bicyclic) bond motifs is 1. The molecule has 1 aliphatic rings. The summed E-state index contributed by atoms with van der Waals surface area (Å²) in [5.74, 6) is 1.85. The molecule has 0 spiro atoms. The highest BCUT2D eigenvalue weighted by Crippen LogP contribution is 2.27. The summed E-state index contributed by atoms with van der Waals surface area (Å²) in [5, 5.41) is 4.54. The number of aromatic nitrogens is 1. The van der Waals surface area contributed by atoms with Crippen LogP contribution in [-0.2, 0) is 0 Å². The van der Waals surface area contributed by atoms with Gasteiger partial charge in [-0.25, -0.2) is 0 Å². The summed E-state index contributed by atoms with van der Waals surface area (Å²) in [7, 11) is 0. The van der Waals surface area contributed by atoms with Gasteiger partial charge in [-0.3, -0.25) is 4.98 Å². The van der Waals surface area contributed by atoms with Gasteiger partial charge in [-0.05, 0) is 49.6 Å². The fourth-order valence-electron chi connectivity index (χ4n) is 2.01. The Morgan fingerprint density at radius 3 is 3.11 bits per heavy atom. The third-order valence-corrected chi connectivity index (χ3v) is 3.25. The summed E-state index contributed by atoms with van der Waals surface area (Å²) in [5.41, 5.74) is 1.01. The Labute approximate surface area is 107 Å². The summed E-state index contributed by atoms with van der Waals surface area (Å²) in [6.45, 7) is 2.78. The lowest BCUT2D eigenvalue weighted by atomic mass is 10.2. The van der Waals surface area contributed by atoms with Crippen molar-refractivity contribution in [2.45, 2.75) is 12.8 Å². The number of hydrogen-bond acceptors (Lipinski definition) is 3.